The van der Waals surface area contributed by atoms with Crippen LogP contribution in [-0.4, -0.2) is 42.1 Å². The predicted octanol–water partition coefficient (Wildman–Crippen LogP) is 1.42. The van der Waals surface area contributed by atoms with Gasteiger partial charge in [-0.3, -0.25) is 0 Å². The van der Waals surface area contributed by atoms with E-state index in [0.717, 1.165) is 11.3 Å². The number of hydrogen-bond acceptors (Lipinski definition) is 4. The van der Waals surface area contributed by atoms with Gasteiger partial charge in [0.15, 0.2) is 0 Å². The summed E-state index contributed by atoms with van der Waals surface area (Å²) in [5, 5.41) is 19.2. The molecule has 1 aromatic rings. The summed E-state index contributed by atoms with van der Waals surface area (Å²) in [7, 11) is 0. The molecule has 0 aromatic heterocycles. The van der Waals surface area contributed by atoms with Gasteiger partial charge in [0.1, 0.15) is 0 Å². The van der Waals surface area contributed by atoms with Crippen LogP contribution in [0.5, 0.6) is 0 Å². The van der Waals surface area contributed by atoms with Crippen molar-refractivity contribution < 1.29 is 14.9 Å². The molecular weight excluding hydrogens is 254 g/mol. The van der Waals surface area contributed by atoms with Gasteiger partial charge in [0.2, 0.25) is 0 Å². The maximum absolute atomic E-state index is 9.40. The van der Waals surface area contributed by atoms with Crippen LogP contribution in [0.1, 0.15) is 12.5 Å². The zero-order valence-corrected chi connectivity index (χ0v) is 11.1. The summed E-state index contributed by atoms with van der Waals surface area (Å²) in [4.78, 5) is 2.13. The van der Waals surface area contributed by atoms with E-state index in [4.69, 9.17) is 16.3 Å². The summed E-state index contributed by atoms with van der Waals surface area (Å²) in [5.41, 5.74) is 1.75. The summed E-state index contributed by atoms with van der Waals surface area (Å²) in [6.07, 6.45) is -0.188. The fraction of sp³-hybridized carbons (Fsp3) is 0.538. The molecule has 2 N–H and O–H groups in total. The van der Waals surface area contributed by atoms with E-state index >= 15 is 0 Å². The van der Waals surface area contributed by atoms with Gasteiger partial charge < -0.3 is 19.8 Å². The number of hydrogen-bond donors (Lipinski definition) is 2. The predicted molar refractivity (Wildman–Crippen MR) is 71.0 cm³/mol. The van der Waals surface area contributed by atoms with E-state index in [1.807, 2.05) is 12.1 Å². The molecule has 1 fully saturated rings. The van der Waals surface area contributed by atoms with Crippen molar-refractivity contribution in [3.63, 3.8) is 0 Å². The normalized spacial score (nSPS) is 24.3. The van der Waals surface area contributed by atoms with Gasteiger partial charge in [0.25, 0.3) is 0 Å². The summed E-state index contributed by atoms with van der Waals surface area (Å²) in [6, 6.07) is 5.64. The first-order chi connectivity index (χ1) is 8.65. The highest BCUT2D eigenvalue weighted by molar-refractivity contribution is 6.30. The second-order valence-corrected chi connectivity index (χ2v) is 5.01. The molecule has 0 bridgehead atoms. The SMILES string of the molecule is CC1COC(CO)CN1c1cc(Cl)ccc1CO. The smallest absolute Gasteiger partial charge is 0.0981 e. The molecule has 2 atom stereocenters. The Balaban J connectivity index is 2.30. The van der Waals surface area contributed by atoms with E-state index in [-0.39, 0.29) is 25.4 Å². The molecule has 1 aromatic carbocycles. The minimum absolute atomic E-state index is 0.00174. The van der Waals surface area contributed by atoms with Crippen molar-refractivity contribution in [3.8, 4) is 0 Å². The minimum atomic E-state index is -0.188. The zero-order valence-electron chi connectivity index (χ0n) is 10.3. The first-order valence-corrected chi connectivity index (χ1v) is 6.42. The fourth-order valence-corrected chi connectivity index (χ4v) is 2.37. The molecule has 1 heterocycles. The Morgan fingerprint density at radius 1 is 1.44 bits per heavy atom. The third kappa shape index (κ3) is 2.78. The van der Waals surface area contributed by atoms with Crippen LogP contribution in [0.15, 0.2) is 18.2 Å². The van der Waals surface area contributed by atoms with Gasteiger partial charge in [0, 0.05) is 28.9 Å². The third-order valence-corrected chi connectivity index (χ3v) is 3.47. The molecule has 2 rings (SSSR count). The molecule has 1 aliphatic rings. The summed E-state index contributed by atoms with van der Waals surface area (Å²) in [6.45, 7) is 3.18. The Labute approximate surface area is 112 Å². The summed E-state index contributed by atoms with van der Waals surface area (Å²) >= 11 is 6.02. The molecule has 18 heavy (non-hydrogen) atoms. The maximum atomic E-state index is 9.40. The molecule has 1 saturated heterocycles. The van der Waals surface area contributed by atoms with Crippen LogP contribution in [0, 0.1) is 0 Å². The van der Waals surface area contributed by atoms with Crippen LogP contribution in [0.3, 0.4) is 0 Å². The number of rotatable bonds is 3. The van der Waals surface area contributed by atoms with Crippen molar-refractivity contribution in [2.24, 2.45) is 0 Å². The Kier molecular flexibility index (Phi) is 4.45. The molecule has 0 aliphatic carbocycles. The first kappa shape index (κ1) is 13.6. The maximum Gasteiger partial charge on any atom is 0.0981 e. The largest absolute Gasteiger partial charge is 0.394 e. The van der Waals surface area contributed by atoms with Crippen LogP contribution in [0.4, 0.5) is 5.69 Å². The van der Waals surface area contributed by atoms with Gasteiger partial charge in [0.05, 0.1) is 25.9 Å². The van der Waals surface area contributed by atoms with Gasteiger partial charge in [-0.2, -0.15) is 0 Å². The van der Waals surface area contributed by atoms with Crippen molar-refractivity contribution in [2.45, 2.75) is 25.7 Å². The Bertz CT molecular complexity index is 413. The van der Waals surface area contributed by atoms with Crippen molar-refractivity contribution in [1.29, 1.82) is 0 Å². The lowest BCUT2D eigenvalue weighted by molar-refractivity contribution is -0.0104. The lowest BCUT2D eigenvalue weighted by Gasteiger charge is -2.40. The van der Waals surface area contributed by atoms with Crippen molar-refractivity contribution >= 4 is 17.3 Å². The van der Waals surface area contributed by atoms with Crippen molar-refractivity contribution in [3.05, 3.63) is 28.8 Å². The monoisotopic (exact) mass is 271 g/mol. The van der Waals surface area contributed by atoms with Gasteiger partial charge in [-0.1, -0.05) is 17.7 Å². The standard InChI is InChI=1S/C13H18ClNO3/c1-9-8-18-12(7-17)5-15(9)13-4-11(14)3-2-10(13)6-16/h2-4,9,12,16-17H,5-8H2,1H3. The molecule has 0 saturated carbocycles. The highest BCUT2D eigenvalue weighted by Gasteiger charge is 2.27. The zero-order chi connectivity index (χ0) is 13.1. The number of nitrogens with zero attached hydrogens (tertiary/aromatic N) is 1. The molecule has 100 valence electrons. The number of benzene rings is 1. The number of halogens is 1. The lowest BCUT2D eigenvalue weighted by atomic mass is 10.1. The van der Waals surface area contributed by atoms with Crippen LogP contribution in [0.25, 0.3) is 0 Å². The van der Waals surface area contributed by atoms with Crippen molar-refractivity contribution in [2.75, 3.05) is 24.7 Å². The first-order valence-electron chi connectivity index (χ1n) is 6.04. The summed E-state index contributed by atoms with van der Waals surface area (Å²) < 4.78 is 5.51. The number of anilines is 1. The van der Waals surface area contributed by atoms with E-state index in [9.17, 15) is 10.2 Å². The molecule has 0 radical (unpaired) electrons. The van der Waals surface area contributed by atoms with E-state index in [1.54, 1.807) is 6.07 Å². The highest BCUT2D eigenvalue weighted by Crippen LogP contribution is 2.28. The lowest BCUT2D eigenvalue weighted by Crippen LogP contribution is -2.50. The van der Waals surface area contributed by atoms with Gasteiger partial charge in [-0.25, -0.2) is 0 Å². The molecule has 2 unspecified atom stereocenters. The molecule has 0 spiro atoms. The fourth-order valence-electron chi connectivity index (χ4n) is 2.20. The third-order valence-electron chi connectivity index (χ3n) is 3.24. The van der Waals surface area contributed by atoms with E-state index in [0.29, 0.717) is 18.2 Å². The highest BCUT2D eigenvalue weighted by atomic mass is 35.5. The minimum Gasteiger partial charge on any atom is -0.394 e. The van der Waals surface area contributed by atoms with Crippen LogP contribution in [0.2, 0.25) is 5.02 Å². The second kappa shape index (κ2) is 5.89. The second-order valence-electron chi connectivity index (χ2n) is 4.57. The molecule has 5 heteroatoms. The number of aliphatic hydroxyl groups excluding tert-OH is 2. The summed E-state index contributed by atoms with van der Waals surface area (Å²) in [5.74, 6) is 0. The topological polar surface area (TPSA) is 52.9 Å². The average Bonchev–Trinajstić information content (AvgIpc) is 2.39. The van der Waals surface area contributed by atoms with Gasteiger partial charge in [-0.15, -0.1) is 0 Å². The Hall–Kier alpha value is -0.810. The Morgan fingerprint density at radius 3 is 2.89 bits per heavy atom. The van der Waals surface area contributed by atoms with E-state index in [1.165, 1.54) is 0 Å². The van der Waals surface area contributed by atoms with Gasteiger partial charge in [-0.05, 0) is 19.1 Å². The molecule has 1 aliphatic heterocycles. The number of morpholine rings is 1. The number of ether oxygens (including phenoxy) is 1. The van der Waals surface area contributed by atoms with Crippen molar-refractivity contribution in [1.82, 2.24) is 0 Å². The van der Waals surface area contributed by atoms with Gasteiger partial charge >= 0.3 is 0 Å². The van der Waals surface area contributed by atoms with E-state index < -0.39 is 0 Å². The average molecular weight is 272 g/mol. The van der Waals surface area contributed by atoms with Crippen LogP contribution >= 0.6 is 11.6 Å². The number of aliphatic hydroxyl groups is 2. The van der Waals surface area contributed by atoms with Crippen LogP contribution in [-0.2, 0) is 11.3 Å². The quantitative estimate of drug-likeness (QED) is 0.873. The molecular formula is C13H18ClNO3. The molecule has 4 nitrogen and oxygen atoms in total. The Morgan fingerprint density at radius 2 is 2.22 bits per heavy atom. The van der Waals surface area contributed by atoms with E-state index in [2.05, 4.69) is 11.8 Å². The molecule has 0 amide bonds. The van der Waals surface area contributed by atoms with Crippen LogP contribution < -0.4 is 4.90 Å².